The molecule has 0 aliphatic carbocycles. The maximum Gasteiger partial charge on any atom is 0.494 e. The molecule has 2 fully saturated rings. The summed E-state index contributed by atoms with van der Waals surface area (Å²) in [6.07, 6.45) is 7.88. The van der Waals surface area contributed by atoms with Gasteiger partial charge < -0.3 is 14.0 Å². The van der Waals surface area contributed by atoms with Crippen LogP contribution in [0.4, 0.5) is 0 Å². The minimum atomic E-state index is -0.407. The summed E-state index contributed by atoms with van der Waals surface area (Å²) >= 11 is 0. The lowest BCUT2D eigenvalue weighted by Crippen LogP contribution is -2.41. The van der Waals surface area contributed by atoms with Gasteiger partial charge in [-0.25, -0.2) is 4.68 Å². The van der Waals surface area contributed by atoms with Crippen LogP contribution in [0.3, 0.4) is 0 Å². The van der Waals surface area contributed by atoms with E-state index < -0.39 is 7.12 Å². The molecule has 8 heteroatoms. The molecule has 2 aliphatic rings. The molecule has 6 rings (SSSR count). The zero-order chi connectivity index (χ0) is 25.8. The highest BCUT2D eigenvalue weighted by Crippen LogP contribution is 2.37. The van der Waals surface area contributed by atoms with Crippen LogP contribution in [-0.4, -0.2) is 44.5 Å². The molecular weight excluding hydrogens is 463 g/mol. The number of fused-ring (bicyclic) bond motifs is 1. The van der Waals surface area contributed by atoms with E-state index in [2.05, 4.69) is 79.9 Å². The highest BCUT2D eigenvalue weighted by Gasteiger charge is 2.51. The highest BCUT2D eigenvalue weighted by atomic mass is 16.7. The number of benzene rings is 2. The second kappa shape index (κ2) is 9.12. The molecule has 0 spiro atoms. The Bertz CT molecular complexity index is 1400. The van der Waals surface area contributed by atoms with Crippen molar-refractivity contribution in [2.45, 2.75) is 70.8 Å². The third kappa shape index (κ3) is 4.52. The molecule has 0 saturated carbocycles. The summed E-state index contributed by atoms with van der Waals surface area (Å²) in [4.78, 5) is 0. The van der Waals surface area contributed by atoms with Crippen LogP contribution >= 0.6 is 0 Å². The summed E-state index contributed by atoms with van der Waals surface area (Å²) < 4.78 is 22.8. The van der Waals surface area contributed by atoms with Gasteiger partial charge in [0, 0.05) is 37.2 Å². The number of aromatic nitrogens is 4. The zero-order valence-corrected chi connectivity index (χ0v) is 22.4. The van der Waals surface area contributed by atoms with Gasteiger partial charge in [-0.05, 0) is 69.6 Å². The number of hydrogen-bond donors (Lipinski definition) is 0. The third-order valence-electron chi connectivity index (χ3n) is 8.12. The van der Waals surface area contributed by atoms with Crippen LogP contribution in [0.25, 0.3) is 22.0 Å². The number of nitrogens with zero attached hydrogens (tertiary/aromatic N) is 4. The number of hydrogen-bond acceptors (Lipinski definition) is 5. The number of rotatable bonds is 5. The van der Waals surface area contributed by atoms with Crippen LogP contribution < -0.4 is 5.46 Å². The molecule has 0 amide bonds. The Kier molecular flexibility index (Phi) is 6.01. The van der Waals surface area contributed by atoms with Gasteiger partial charge in [0.15, 0.2) is 6.23 Å². The van der Waals surface area contributed by atoms with Gasteiger partial charge in [0.25, 0.3) is 0 Å². The summed E-state index contributed by atoms with van der Waals surface area (Å²) in [5.41, 5.74) is 5.87. The maximum absolute atomic E-state index is 6.36. The lowest BCUT2D eigenvalue weighted by Gasteiger charge is -2.32. The van der Waals surface area contributed by atoms with Crippen molar-refractivity contribution in [2.24, 2.45) is 7.05 Å². The van der Waals surface area contributed by atoms with Crippen LogP contribution in [0.15, 0.2) is 54.9 Å². The first kappa shape index (κ1) is 24.4. The molecule has 2 aliphatic heterocycles. The average molecular weight is 498 g/mol. The molecule has 0 N–H and O–H groups in total. The van der Waals surface area contributed by atoms with Gasteiger partial charge in [-0.2, -0.15) is 10.2 Å². The van der Waals surface area contributed by atoms with E-state index in [1.807, 2.05) is 24.1 Å². The molecule has 1 unspecified atom stereocenters. The SMILES string of the molecule is Cn1cc(-c2ccc(Cc3nn(C4CCCCO4)c4ccc(B5OC(C)(C)C(C)(C)O5)cc34)cc2)cn1. The second-order valence-corrected chi connectivity index (χ2v) is 11.4. The monoisotopic (exact) mass is 498 g/mol. The van der Waals surface area contributed by atoms with Crippen molar-refractivity contribution in [3.8, 4) is 11.1 Å². The van der Waals surface area contributed by atoms with Crippen LogP contribution in [0.1, 0.15) is 64.4 Å². The van der Waals surface area contributed by atoms with Crippen LogP contribution in [0.5, 0.6) is 0 Å². The van der Waals surface area contributed by atoms with Crippen LogP contribution in [-0.2, 0) is 27.5 Å². The summed E-state index contributed by atoms with van der Waals surface area (Å²) in [5.74, 6) is 0. The lowest BCUT2D eigenvalue weighted by molar-refractivity contribution is -0.0368. The Morgan fingerprint density at radius 1 is 0.973 bits per heavy atom. The summed E-state index contributed by atoms with van der Waals surface area (Å²) in [7, 11) is 1.53. The van der Waals surface area contributed by atoms with Gasteiger partial charge in [-0.1, -0.05) is 36.4 Å². The van der Waals surface area contributed by atoms with E-state index in [4.69, 9.17) is 19.1 Å². The van der Waals surface area contributed by atoms with Crippen molar-refractivity contribution in [2.75, 3.05) is 6.61 Å². The molecule has 2 aromatic heterocycles. The molecule has 4 heterocycles. The zero-order valence-electron chi connectivity index (χ0n) is 22.4. The topological polar surface area (TPSA) is 63.3 Å². The fourth-order valence-corrected chi connectivity index (χ4v) is 5.19. The normalized spacial score (nSPS) is 21.1. The Labute approximate surface area is 218 Å². The predicted molar refractivity (Wildman–Crippen MR) is 146 cm³/mol. The molecule has 7 nitrogen and oxygen atoms in total. The molecule has 2 saturated heterocycles. The van der Waals surface area contributed by atoms with Gasteiger partial charge in [0.05, 0.1) is 28.6 Å². The highest BCUT2D eigenvalue weighted by molar-refractivity contribution is 6.62. The van der Waals surface area contributed by atoms with E-state index >= 15 is 0 Å². The van der Waals surface area contributed by atoms with E-state index in [9.17, 15) is 0 Å². The summed E-state index contributed by atoms with van der Waals surface area (Å²) in [6.45, 7) is 9.13. The first-order valence-electron chi connectivity index (χ1n) is 13.3. The average Bonchev–Trinajstić information content (AvgIpc) is 3.53. The summed E-state index contributed by atoms with van der Waals surface area (Å²) in [6, 6.07) is 15.1. The van der Waals surface area contributed by atoms with E-state index in [-0.39, 0.29) is 17.4 Å². The van der Waals surface area contributed by atoms with Gasteiger partial charge in [0.2, 0.25) is 0 Å². The molecule has 0 radical (unpaired) electrons. The first-order chi connectivity index (χ1) is 17.7. The fourth-order valence-electron chi connectivity index (χ4n) is 5.19. The lowest BCUT2D eigenvalue weighted by atomic mass is 9.78. The molecule has 1 atom stereocenters. The van der Waals surface area contributed by atoms with Gasteiger partial charge in [-0.15, -0.1) is 0 Å². The van der Waals surface area contributed by atoms with Crippen molar-refractivity contribution in [1.82, 2.24) is 19.6 Å². The van der Waals surface area contributed by atoms with Gasteiger partial charge in [0.1, 0.15) is 0 Å². The van der Waals surface area contributed by atoms with Crippen molar-refractivity contribution in [1.29, 1.82) is 0 Å². The van der Waals surface area contributed by atoms with Gasteiger partial charge >= 0.3 is 7.12 Å². The molecule has 0 bridgehead atoms. The Hall–Kier alpha value is -2.94. The van der Waals surface area contributed by atoms with E-state index in [0.29, 0.717) is 0 Å². The molecular formula is C29H35BN4O3. The van der Waals surface area contributed by atoms with Crippen molar-refractivity contribution in [3.63, 3.8) is 0 Å². The molecule has 4 aromatic rings. The smallest absolute Gasteiger partial charge is 0.399 e. The Morgan fingerprint density at radius 2 is 1.73 bits per heavy atom. The largest absolute Gasteiger partial charge is 0.494 e. The Morgan fingerprint density at radius 3 is 2.38 bits per heavy atom. The minimum Gasteiger partial charge on any atom is -0.399 e. The number of ether oxygens (including phenoxy) is 1. The van der Waals surface area contributed by atoms with Crippen molar-refractivity contribution >= 4 is 23.5 Å². The summed E-state index contributed by atoms with van der Waals surface area (Å²) in [5, 5.41) is 10.5. The first-order valence-corrected chi connectivity index (χ1v) is 13.3. The molecule has 2 aromatic carbocycles. The van der Waals surface area contributed by atoms with Crippen molar-refractivity contribution < 1.29 is 14.0 Å². The molecule has 192 valence electrons. The maximum atomic E-state index is 6.36. The van der Waals surface area contributed by atoms with E-state index in [1.165, 1.54) is 5.56 Å². The fraction of sp³-hybridized carbons (Fsp3) is 0.448. The number of aryl methyl sites for hydroxylation is 1. The third-order valence-corrected chi connectivity index (χ3v) is 8.12. The van der Waals surface area contributed by atoms with Crippen LogP contribution in [0.2, 0.25) is 0 Å². The van der Waals surface area contributed by atoms with Crippen LogP contribution in [0, 0.1) is 0 Å². The predicted octanol–water partition coefficient (Wildman–Crippen LogP) is 5.03. The van der Waals surface area contributed by atoms with E-state index in [0.717, 1.165) is 65.5 Å². The van der Waals surface area contributed by atoms with Crippen molar-refractivity contribution in [3.05, 3.63) is 66.1 Å². The van der Waals surface area contributed by atoms with Gasteiger partial charge in [-0.3, -0.25) is 4.68 Å². The van der Waals surface area contributed by atoms with E-state index in [1.54, 1.807) is 0 Å². The molecule has 37 heavy (non-hydrogen) atoms. The Balaban J connectivity index is 1.35. The standard InChI is InChI=1S/C29H35BN4O3/c1-28(2)29(3,4)37-30(36-28)23-13-14-26-24(17-23)25(32-34(26)27-8-6-7-15-35-27)16-20-9-11-21(12-10-20)22-18-31-33(5)19-22/h9-14,17-19,27H,6-8,15-16H2,1-5H3. The quantitative estimate of drug-likeness (QED) is 0.362. The minimum absolute atomic E-state index is 0.0272. The second-order valence-electron chi connectivity index (χ2n) is 11.4.